The maximum atomic E-state index is 11.9. The Kier molecular flexibility index (Phi) is 15.4. The molecule has 120 valence electrons. The second-order valence-electron chi connectivity index (χ2n) is 4.41. The zero-order valence-corrected chi connectivity index (χ0v) is 16.9. The monoisotopic (exact) mass is 383 g/mol. The van der Waals surface area contributed by atoms with E-state index < -0.39 is 31.5 Å². The summed E-state index contributed by atoms with van der Waals surface area (Å²) in [5.41, 5.74) is -1.15. The summed E-state index contributed by atoms with van der Waals surface area (Å²) in [4.78, 5) is 43.1. The maximum Gasteiger partial charge on any atom is 2.00 e. The molecule has 1 aliphatic heterocycles. The third kappa shape index (κ3) is 7.15. The van der Waals surface area contributed by atoms with Crippen molar-refractivity contribution in [2.24, 2.45) is 16.3 Å². The molecular formula is C11H17FeN2NaO6P+. The third-order valence-corrected chi connectivity index (χ3v) is 3.33. The molecule has 1 heterocycles. The number of hydrogen-bond donors (Lipinski definition) is 1. The van der Waals surface area contributed by atoms with E-state index in [0.717, 1.165) is 12.8 Å². The van der Waals surface area contributed by atoms with E-state index in [-0.39, 0.29) is 52.5 Å². The zero-order valence-electron chi connectivity index (χ0n) is 12.9. The molecule has 22 heavy (non-hydrogen) atoms. The zero-order chi connectivity index (χ0) is 15.9. The van der Waals surface area contributed by atoms with Crippen LogP contribution in [0.3, 0.4) is 0 Å². The van der Waals surface area contributed by atoms with Gasteiger partial charge in [0, 0.05) is 0 Å². The number of nitrogens with one attached hydrogen (secondary N) is 1. The van der Waals surface area contributed by atoms with Crippen LogP contribution in [-0.2, 0) is 26.4 Å². The number of carbonyl (C=O) groups excluding carboxylic acids is 2. The Morgan fingerprint density at radius 2 is 1.77 bits per heavy atom. The Bertz CT molecular complexity index is 433. The number of urea groups is 1. The van der Waals surface area contributed by atoms with Gasteiger partial charge in [-0.05, 0) is 24.7 Å². The van der Waals surface area contributed by atoms with Gasteiger partial charge in [0.1, 0.15) is 0 Å². The predicted octanol–water partition coefficient (Wildman–Crippen LogP) is -3.81. The molecule has 1 rings (SSSR count). The van der Waals surface area contributed by atoms with Crippen LogP contribution in [-0.4, -0.2) is 17.8 Å². The number of carbonyl (C=O) groups is 2. The Morgan fingerprint density at radius 1 is 1.32 bits per heavy atom. The minimum Gasteiger partial charge on any atom is -0.861 e. The van der Waals surface area contributed by atoms with Crippen molar-refractivity contribution in [1.29, 1.82) is 0 Å². The first kappa shape index (κ1) is 27.0. The van der Waals surface area contributed by atoms with Gasteiger partial charge < -0.3 is 14.9 Å². The Hall–Kier alpha value is 0.149. The van der Waals surface area contributed by atoms with E-state index in [0.29, 0.717) is 6.42 Å². The van der Waals surface area contributed by atoms with E-state index in [1.165, 1.54) is 0 Å². The van der Waals surface area contributed by atoms with Crippen molar-refractivity contribution in [3.63, 3.8) is 0 Å². The summed E-state index contributed by atoms with van der Waals surface area (Å²) < 4.78 is 8.48. The molecule has 0 aromatic heterocycles. The van der Waals surface area contributed by atoms with Crippen molar-refractivity contribution >= 4 is 26.1 Å². The predicted molar refractivity (Wildman–Crippen MR) is 65.4 cm³/mol. The molecule has 0 bridgehead atoms. The number of rotatable bonds is 4. The maximum absolute atomic E-state index is 11.9. The minimum absolute atomic E-state index is 0. The second-order valence-corrected chi connectivity index (χ2v) is 4.86. The van der Waals surface area contributed by atoms with Gasteiger partial charge in [-0.25, -0.2) is 9.79 Å². The SMILES string of the molecule is CCCC(C)C1(CC)C(=O)NC(=O)N=C1[O-].O=[P+]([O-])[O-].[Fe+2].[Na+]. The van der Waals surface area contributed by atoms with Crippen molar-refractivity contribution in [2.45, 2.75) is 40.0 Å². The molecule has 0 aromatic carbocycles. The standard InChI is InChI=1S/C11H18N2O3.Fe.Na.HO3P/c1-4-6-7(3)11(5-2)8(14)12-10(16)13-9(11)15;;;1-4(2)3/h7H,4-6H2,1-3H3,(H2,12,13,14,15,16);;;(H,1,2,3)/q;+2;+1;/p-2. The van der Waals surface area contributed by atoms with Crippen LogP contribution in [0.1, 0.15) is 40.0 Å². The molecular weight excluding hydrogens is 366 g/mol. The van der Waals surface area contributed by atoms with Crippen LogP contribution in [0.2, 0.25) is 0 Å². The van der Waals surface area contributed by atoms with Crippen LogP contribution >= 0.6 is 8.25 Å². The van der Waals surface area contributed by atoms with E-state index in [4.69, 9.17) is 14.4 Å². The molecule has 0 saturated carbocycles. The van der Waals surface area contributed by atoms with Gasteiger partial charge in [0.25, 0.3) is 8.25 Å². The van der Waals surface area contributed by atoms with E-state index in [1.807, 2.05) is 13.8 Å². The van der Waals surface area contributed by atoms with Crippen molar-refractivity contribution in [2.75, 3.05) is 0 Å². The first-order chi connectivity index (χ1) is 9.22. The summed E-state index contributed by atoms with van der Waals surface area (Å²) in [5, 5.41) is 14.0. The fourth-order valence-electron chi connectivity index (χ4n) is 2.30. The molecule has 2 unspecified atom stereocenters. The van der Waals surface area contributed by atoms with Crippen molar-refractivity contribution < 1.29 is 75.7 Å². The Labute approximate surface area is 162 Å². The number of hydrogen-bond acceptors (Lipinski definition) is 6. The smallest absolute Gasteiger partial charge is 0.861 e. The summed E-state index contributed by atoms with van der Waals surface area (Å²) in [6, 6.07) is -0.845. The number of amides is 3. The van der Waals surface area contributed by atoms with Gasteiger partial charge in [0.05, 0.1) is 5.41 Å². The third-order valence-electron chi connectivity index (χ3n) is 3.33. The Morgan fingerprint density at radius 3 is 2.09 bits per heavy atom. The molecule has 0 aromatic rings. The molecule has 0 fully saturated rings. The van der Waals surface area contributed by atoms with Crippen LogP contribution in [0.25, 0.3) is 0 Å². The molecule has 0 aliphatic carbocycles. The first-order valence-corrected chi connectivity index (χ1v) is 7.24. The van der Waals surface area contributed by atoms with Gasteiger partial charge in [-0.3, -0.25) is 10.1 Å². The molecule has 2 atom stereocenters. The minimum atomic E-state index is -3.37. The van der Waals surface area contributed by atoms with Crippen LogP contribution in [0.4, 0.5) is 4.79 Å². The fraction of sp³-hybridized carbons (Fsp3) is 0.727. The van der Waals surface area contributed by atoms with Gasteiger partial charge in [-0.1, -0.05) is 31.8 Å². The van der Waals surface area contributed by atoms with Crippen LogP contribution < -0.4 is 49.8 Å². The first-order valence-electron chi connectivity index (χ1n) is 6.15. The van der Waals surface area contributed by atoms with Crippen molar-refractivity contribution in [3.8, 4) is 0 Å². The average Bonchev–Trinajstić information content (AvgIpc) is 2.28. The molecule has 0 saturated heterocycles. The molecule has 8 nitrogen and oxygen atoms in total. The normalized spacial score (nSPS) is 21.0. The summed E-state index contributed by atoms with van der Waals surface area (Å²) in [6.07, 6.45) is 2.02. The quantitative estimate of drug-likeness (QED) is 0.389. The number of aliphatic imine (C=N–C) groups is 1. The van der Waals surface area contributed by atoms with E-state index >= 15 is 0 Å². The summed E-state index contributed by atoms with van der Waals surface area (Å²) in [5.74, 6) is -1.20. The summed E-state index contributed by atoms with van der Waals surface area (Å²) >= 11 is 0. The Balaban J connectivity index is -0.000000538. The molecule has 0 spiro atoms. The summed E-state index contributed by atoms with van der Waals surface area (Å²) in [6.45, 7) is 5.62. The van der Waals surface area contributed by atoms with Gasteiger partial charge in [-0.2, -0.15) is 0 Å². The van der Waals surface area contributed by atoms with Crippen LogP contribution in [0.15, 0.2) is 4.99 Å². The molecule has 1 aliphatic rings. The molecule has 0 radical (unpaired) electrons. The van der Waals surface area contributed by atoms with Gasteiger partial charge in [-0.15, -0.1) is 0 Å². The molecule has 1 N–H and O–H groups in total. The molecule has 3 amide bonds. The van der Waals surface area contributed by atoms with E-state index in [1.54, 1.807) is 6.92 Å². The topological polar surface area (TPSA) is 145 Å². The largest absolute Gasteiger partial charge is 2.00 e. The number of imide groups is 1. The van der Waals surface area contributed by atoms with Gasteiger partial charge in [0.15, 0.2) is 0 Å². The summed E-state index contributed by atoms with van der Waals surface area (Å²) in [7, 11) is -3.37. The number of nitrogens with zero attached hydrogens (tertiary/aromatic N) is 1. The van der Waals surface area contributed by atoms with Crippen LogP contribution in [0, 0.1) is 11.3 Å². The van der Waals surface area contributed by atoms with Gasteiger partial charge in [0.2, 0.25) is 5.91 Å². The van der Waals surface area contributed by atoms with Crippen molar-refractivity contribution in [3.05, 3.63) is 0 Å². The van der Waals surface area contributed by atoms with E-state index in [2.05, 4.69) is 10.3 Å². The van der Waals surface area contributed by atoms with Crippen LogP contribution in [0.5, 0.6) is 0 Å². The fourth-order valence-corrected chi connectivity index (χ4v) is 2.30. The van der Waals surface area contributed by atoms with E-state index in [9.17, 15) is 14.7 Å². The van der Waals surface area contributed by atoms with Crippen molar-refractivity contribution in [1.82, 2.24) is 5.32 Å². The average molecular weight is 383 g/mol. The molecule has 11 heteroatoms. The van der Waals surface area contributed by atoms with Gasteiger partial charge >= 0.3 is 52.7 Å². The second kappa shape index (κ2) is 12.6.